The third-order valence-corrected chi connectivity index (χ3v) is 2.54. The molecule has 0 amide bonds. The van der Waals surface area contributed by atoms with Crippen LogP contribution in [0.3, 0.4) is 0 Å². The average molecular weight is 223 g/mol. The van der Waals surface area contributed by atoms with Crippen molar-refractivity contribution in [3.05, 3.63) is 11.8 Å². The number of hydrogen-bond acceptors (Lipinski definition) is 5. The highest BCUT2D eigenvalue weighted by Gasteiger charge is 2.05. The van der Waals surface area contributed by atoms with E-state index in [2.05, 4.69) is 46.5 Å². The minimum absolute atomic E-state index is 0.466. The number of nitrogens with one attached hydrogen (secondary N) is 2. The minimum Gasteiger partial charge on any atom is -0.368 e. The van der Waals surface area contributed by atoms with Gasteiger partial charge in [0.15, 0.2) is 0 Å². The molecule has 90 valence electrons. The first-order chi connectivity index (χ1) is 7.52. The van der Waals surface area contributed by atoms with Gasteiger partial charge in [-0.25, -0.2) is 4.98 Å². The molecule has 16 heavy (non-hydrogen) atoms. The van der Waals surface area contributed by atoms with Crippen LogP contribution in [0.25, 0.3) is 0 Å². The second kappa shape index (κ2) is 5.65. The summed E-state index contributed by atoms with van der Waals surface area (Å²) in [6.07, 6.45) is 0. The van der Waals surface area contributed by atoms with E-state index < -0.39 is 0 Å². The Kier molecular flexibility index (Phi) is 4.49. The van der Waals surface area contributed by atoms with Crippen LogP contribution in [0, 0.1) is 6.92 Å². The summed E-state index contributed by atoms with van der Waals surface area (Å²) in [5.41, 5.74) is 0.958. The van der Waals surface area contributed by atoms with E-state index in [0.29, 0.717) is 12.0 Å². The first kappa shape index (κ1) is 12.7. The molecule has 1 aromatic rings. The van der Waals surface area contributed by atoms with Crippen molar-refractivity contribution < 1.29 is 0 Å². The molecular formula is C11H21N5. The van der Waals surface area contributed by atoms with E-state index in [4.69, 9.17) is 0 Å². The zero-order valence-electron chi connectivity index (χ0n) is 10.7. The molecule has 0 aliphatic rings. The molecular weight excluding hydrogens is 202 g/mol. The number of aromatic nitrogens is 2. The van der Waals surface area contributed by atoms with Crippen molar-refractivity contribution in [1.82, 2.24) is 14.9 Å². The fourth-order valence-electron chi connectivity index (χ4n) is 1.21. The highest BCUT2D eigenvalue weighted by atomic mass is 15.2. The molecule has 0 bridgehead atoms. The van der Waals surface area contributed by atoms with Crippen LogP contribution in [0.4, 0.5) is 11.8 Å². The van der Waals surface area contributed by atoms with Gasteiger partial charge < -0.3 is 15.5 Å². The van der Waals surface area contributed by atoms with Crippen molar-refractivity contribution in [2.24, 2.45) is 0 Å². The number of rotatable bonds is 5. The fraction of sp³-hybridized carbons (Fsp3) is 0.636. The highest BCUT2D eigenvalue weighted by molar-refractivity contribution is 5.41. The van der Waals surface area contributed by atoms with E-state index in [-0.39, 0.29) is 0 Å². The van der Waals surface area contributed by atoms with Gasteiger partial charge in [0.05, 0.1) is 0 Å². The summed E-state index contributed by atoms with van der Waals surface area (Å²) in [6.45, 7) is 5.00. The molecule has 1 aromatic heterocycles. The molecule has 1 unspecified atom stereocenters. The molecule has 0 aliphatic heterocycles. The van der Waals surface area contributed by atoms with Crippen molar-refractivity contribution in [2.45, 2.75) is 19.9 Å². The number of anilines is 2. The van der Waals surface area contributed by atoms with E-state index in [9.17, 15) is 0 Å². The zero-order chi connectivity index (χ0) is 12.1. The van der Waals surface area contributed by atoms with Crippen LogP contribution >= 0.6 is 0 Å². The molecule has 1 heterocycles. The molecule has 1 atom stereocenters. The van der Waals surface area contributed by atoms with Gasteiger partial charge in [-0.05, 0) is 27.9 Å². The normalized spacial score (nSPS) is 12.6. The summed E-state index contributed by atoms with van der Waals surface area (Å²) in [7, 11) is 5.95. The van der Waals surface area contributed by atoms with Crippen molar-refractivity contribution in [1.29, 1.82) is 0 Å². The SMILES string of the molecule is CNc1nc(C)cc(NCC(C)N(C)C)n1. The Bertz CT molecular complexity index is 337. The van der Waals surface area contributed by atoms with Gasteiger partial charge in [-0.2, -0.15) is 4.98 Å². The Morgan fingerprint density at radius 1 is 1.38 bits per heavy atom. The molecule has 0 saturated heterocycles. The lowest BCUT2D eigenvalue weighted by molar-refractivity contribution is 0.326. The molecule has 0 aromatic carbocycles. The van der Waals surface area contributed by atoms with Crippen LogP contribution in [0.2, 0.25) is 0 Å². The fourth-order valence-corrected chi connectivity index (χ4v) is 1.21. The van der Waals surface area contributed by atoms with Crippen LogP contribution < -0.4 is 10.6 Å². The number of hydrogen-bond donors (Lipinski definition) is 2. The molecule has 0 spiro atoms. The van der Waals surface area contributed by atoms with Gasteiger partial charge in [-0.15, -0.1) is 0 Å². The summed E-state index contributed by atoms with van der Waals surface area (Å²) in [5, 5.41) is 6.25. The van der Waals surface area contributed by atoms with Crippen molar-refractivity contribution in [3.63, 3.8) is 0 Å². The molecule has 2 N–H and O–H groups in total. The Morgan fingerprint density at radius 3 is 2.62 bits per heavy atom. The van der Waals surface area contributed by atoms with Gasteiger partial charge in [0.2, 0.25) is 5.95 Å². The van der Waals surface area contributed by atoms with Crippen LogP contribution in [0.5, 0.6) is 0 Å². The number of nitrogens with zero attached hydrogens (tertiary/aromatic N) is 3. The lowest BCUT2D eigenvalue weighted by Gasteiger charge is -2.20. The van der Waals surface area contributed by atoms with Crippen molar-refractivity contribution >= 4 is 11.8 Å². The summed E-state index contributed by atoms with van der Waals surface area (Å²) < 4.78 is 0. The second-order valence-electron chi connectivity index (χ2n) is 4.16. The molecule has 0 radical (unpaired) electrons. The third-order valence-electron chi connectivity index (χ3n) is 2.54. The maximum Gasteiger partial charge on any atom is 0.224 e. The molecule has 1 rings (SSSR count). The highest BCUT2D eigenvalue weighted by Crippen LogP contribution is 2.09. The number of aryl methyl sites for hydroxylation is 1. The van der Waals surface area contributed by atoms with Crippen molar-refractivity contribution in [2.75, 3.05) is 38.3 Å². The monoisotopic (exact) mass is 223 g/mol. The van der Waals surface area contributed by atoms with Gasteiger partial charge in [-0.3, -0.25) is 0 Å². The Labute approximate surface area is 97.3 Å². The summed E-state index contributed by atoms with van der Waals surface area (Å²) >= 11 is 0. The molecule has 5 heteroatoms. The lowest BCUT2D eigenvalue weighted by atomic mass is 10.3. The molecule has 0 fully saturated rings. The van der Waals surface area contributed by atoms with Crippen molar-refractivity contribution in [3.8, 4) is 0 Å². The molecule has 0 saturated carbocycles. The topological polar surface area (TPSA) is 53.1 Å². The molecule has 0 aliphatic carbocycles. The van der Waals surface area contributed by atoms with E-state index in [1.54, 1.807) is 0 Å². The Hall–Kier alpha value is -1.36. The Morgan fingerprint density at radius 2 is 2.06 bits per heavy atom. The lowest BCUT2D eigenvalue weighted by Crippen LogP contribution is -2.31. The zero-order valence-corrected chi connectivity index (χ0v) is 10.7. The van der Waals surface area contributed by atoms with E-state index in [0.717, 1.165) is 18.1 Å². The van der Waals surface area contributed by atoms with Crippen LogP contribution in [-0.4, -0.2) is 48.6 Å². The first-order valence-electron chi connectivity index (χ1n) is 5.46. The minimum atomic E-state index is 0.466. The Balaban J connectivity index is 2.63. The van der Waals surface area contributed by atoms with E-state index in [1.165, 1.54) is 0 Å². The van der Waals surface area contributed by atoms with Gasteiger partial charge in [0, 0.05) is 31.4 Å². The largest absolute Gasteiger partial charge is 0.368 e. The predicted octanol–water partition coefficient (Wildman–Crippen LogP) is 1.19. The maximum absolute atomic E-state index is 4.33. The van der Waals surface area contributed by atoms with Crippen LogP contribution in [0.1, 0.15) is 12.6 Å². The molecule has 5 nitrogen and oxygen atoms in total. The van der Waals surface area contributed by atoms with Gasteiger partial charge in [-0.1, -0.05) is 0 Å². The van der Waals surface area contributed by atoms with E-state index >= 15 is 0 Å². The summed E-state index contributed by atoms with van der Waals surface area (Å²) in [4.78, 5) is 10.7. The first-order valence-corrected chi connectivity index (χ1v) is 5.46. The van der Waals surface area contributed by atoms with E-state index in [1.807, 2.05) is 20.0 Å². The summed E-state index contributed by atoms with van der Waals surface area (Å²) in [6, 6.07) is 2.41. The average Bonchev–Trinajstić information content (AvgIpc) is 2.24. The smallest absolute Gasteiger partial charge is 0.224 e. The predicted molar refractivity (Wildman–Crippen MR) is 68.0 cm³/mol. The second-order valence-corrected chi connectivity index (χ2v) is 4.16. The maximum atomic E-state index is 4.33. The standard InChI is InChI=1S/C11H21N5/c1-8-6-10(15-11(12-3)14-8)13-7-9(2)16(4)5/h6,9H,7H2,1-5H3,(H2,12,13,14,15). The summed E-state index contributed by atoms with van der Waals surface area (Å²) in [5.74, 6) is 1.52. The van der Waals surface area contributed by atoms with Gasteiger partial charge in [0.1, 0.15) is 5.82 Å². The number of likely N-dealkylation sites (N-methyl/N-ethyl adjacent to an activating group) is 1. The van der Waals surface area contributed by atoms with Gasteiger partial charge in [0.25, 0.3) is 0 Å². The van der Waals surface area contributed by atoms with Crippen LogP contribution in [0.15, 0.2) is 6.07 Å². The quantitative estimate of drug-likeness (QED) is 0.785. The van der Waals surface area contributed by atoms with Crippen LogP contribution in [-0.2, 0) is 0 Å². The third kappa shape index (κ3) is 3.66. The van der Waals surface area contributed by atoms with Gasteiger partial charge >= 0.3 is 0 Å².